The van der Waals surface area contributed by atoms with Gasteiger partial charge in [-0.15, -0.1) is 23.1 Å². The third-order valence-electron chi connectivity index (χ3n) is 7.26. The lowest BCUT2D eigenvalue weighted by atomic mass is 9.88. The third-order valence-corrected chi connectivity index (χ3v) is 9.42. The predicted octanol–water partition coefficient (Wildman–Crippen LogP) is 6.80. The highest BCUT2D eigenvalue weighted by molar-refractivity contribution is 8.00. The Bertz CT molecular complexity index is 1730. The summed E-state index contributed by atoms with van der Waals surface area (Å²) in [5.74, 6) is -0.951. The Morgan fingerprint density at radius 1 is 0.956 bits per heavy atom. The first-order chi connectivity index (χ1) is 21.8. The van der Waals surface area contributed by atoms with Crippen LogP contribution in [0.25, 0.3) is 6.08 Å². The van der Waals surface area contributed by atoms with Gasteiger partial charge in [0.05, 0.1) is 18.4 Å². The molecule has 1 aliphatic rings. The van der Waals surface area contributed by atoms with E-state index < -0.39 is 17.8 Å². The number of benzene rings is 3. The fourth-order valence-corrected chi connectivity index (χ4v) is 7.16. The number of esters is 1. The first-order valence-electron chi connectivity index (χ1n) is 14.5. The molecule has 4 aromatic rings. The van der Waals surface area contributed by atoms with E-state index >= 15 is 0 Å². The molecule has 3 amide bonds. The molecule has 1 aliphatic carbocycles. The second kappa shape index (κ2) is 14.9. The number of rotatable bonds is 10. The second-order valence-corrected chi connectivity index (χ2v) is 12.8. The number of carbonyl (C=O) groups is 4. The van der Waals surface area contributed by atoms with Gasteiger partial charge in [0.1, 0.15) is 10.7 Å². The SMILES string of the molecule is COC(=O)c1c(NC(=O)CSc2cccc(NC(=O)/C(=C/c3ccccc3)NC(=O)c3ccccc3)c2)sc2c1CCC(C)C2. The van der Waals surface area contributed by atoms with Gasteiger partial charge >= 0.3 is 5.97 Å². The molecule has 1 atom stereocenters. The van der Waals surface area contributed by atoms with E-state index in [-0.39, 0.29) is 17.4 Å². The van der Waals surface area contributed by atoms with Gasteiger partial charge < -0.3 is 20.7 Å². The van der Waals surface area contributed by atoms with Gasteiger partial charge in [-0.05, 0) is 72.7 Å². The Morgan fingerprint density at radius 3 is 2.42 bits per heavy atom. The molecule has 0 saturated heterocycles. The molecule has 0 saturated carbocycles. The van der Waals surface area contributed by atoms with Gasteiger partial charge in [-0.1, -0.05) is 61.5 Å². The van der Waals surface area contributed by atoms with Crippen molar-refractivity contribution < 1.29 is 23.9 Å². The molecule has 0 fully saturated rings. The van der Waals surface area contributed by atoms with Crippen LogP contribution < -0.4 is 16.0 Å². The van der Waals surface area contributed by atoms with E-state index in [1.165, 1.54) is 30.2 Å². The quantitative estimate of drug-likeness (QED) is 0.1000. The number of carbonyl (C=O) groups excluding carboxylic acids is 4. The Labute approximate surface area is 270 Å². The molecule has 1 aromatic heterocycles. The predicted molar refractivity (Wildman–Crippen MR) is 180 cm³/mol. The van der Waals surface area contributed by atoms with Crippen molar-refractivity contribution in [3.8, 4) is 0 Å². The molecule has 3 N–H and O–H groups in total. The molecule has 5 rings (SSSR count). The highest BCUT2D eigenvalue weighted by Gasteiger charge is 2.29. The molecular formula is C35H33N3O5S2. The maximum absolute atomic E-state index is 13.4. The average molecular weight is 640 g/mol. The number of thioether (sulfide) groups is 1. The molecule has 3 aromatic carbocycles. The van der Waals surface area contributed by atoms with E-state index in [0.717, 1.165) is 40.2 Å². The van der Waals surface area contributed by atoms with Crippen molar-refractivity contribution in [1.82, 2.24) is 5.32 Å². The van der Waals surface area contributed by atoms with E-state index in [1.807, 2.05) is 42.5 Å². The molecule has 1 heterocycles. The van der Waals surface area contributed by atoms with Crippen molar-refractivity contribution in [1.29, 1.82) is 0 Å². The molecule has 230 valence electrons. The van der Waals surface area contributed by atoms with Gasteiger partial charge in [-0.2, -0.15) is 0 Å². The monoisotopic (exact) mass is 639 g/mol. The maximum atomic E-state index is 13.4. The molecule has 0 aliphatic heterocycles. The number of methoxy groups -OCH3 is 1. The lowest BCUT2D eigenvalue weighted by Gasteiger charge is -2.18. The number of nitrogens with one attached hydrogen (secondary N) is 3. The summed E-state index contributed by atoms with van der Waals surface area (Å²) in [5, 5.41) is 9.05. The lowest BCUT2D eigenvalue weighted by molar-refractivity contribution is -0.114. The van der Waals surface area contributed by atoms with Crippen molar-refractivity contribution in [2.45, 2.75) is 31.1 Å². The summed E-state index contributed by atoms with van der Waals surface area (Å²) >= 11 is 2.75. The lowest BCUT2D eigenvalue weighted by Crippen LogP contribution is -2.30. The Balaban J connectivity index is 1.25. The Hall–Kier alpha value is -4.67. The average Bonchev–Trinajstić information content (AvgIpc) is 3.40. The molecule has 1 unspecified atom stereocenters. The fourth-order valence-electron chi connectivity index (χ4n) is 4.99. The van der Waals surface area contributed by atoms with Crippen LogP contribution in [0.2, 0.25) is 0 Å². The summed E-state index contributed by atoms with van der Waals surface area (Å²) in [6, 6.07) is 25.0. The van der Waals surface area contributed by atoms with E-state index in [9.17, 15) is 19.2 Å². The molecule has 10 heteroatoms. The van der Waals surface area contributed by atoms with Crippen LogP contribution in [0.5, 0.6) is 0 Å². The van der Waals surface area contributed by atoms with Crippen LogP contribution in [0.1, 0.15) is 50.1 Å². The van der Waals surface area contributed by atoms with E-state index in [2.05, 4.69) is 22.9 Å². The maximum Gasteiger partial charge on any atom is 0.341 e. The van der Waals surface area contributed by atoms with Gasteiger partial charge in [0.15, 0.2) is 0 Å². The zero-order valence-corrected chi connectivity index (χ0v) is 26.6. The zero-order chi connectivity index (χ0) is 31.8. The van der Waals surface area contributed by atoms with Crippen LogP contribution in [0.15, 0.2) is 95.5 Å². The standard InChI is InChI=1S/C35H33N3O5S2/c1-22-16-17-27-29(18-22)45-34(31(27)35(42)43-2)38-30(39)21-44-26-15-9-14-25(20-26)36-33(41)28(19-23-10-5-3-6-11-23)37-32(40)24-12-7-4-8-13-24/h3-15,19-20,22H,16-18,21H2,1-2H3,(H,36,41)(H,37,40)(H,38,39)/b28-19-. The molecule has 8 nitrogen and oxygen atoms in total. The van der Waals surface area contributed by atoms with Gasteiger partial charge in [0.25, 0.3) is 11.8 Å². The van der Waals surface area contributed by atoms with Gasteiger partial charge in [-0.25, -0.2) is 4.79 Å². The van der Waals surface area contributed by atoms with Crippen LogP contribution >= 0.6 is 23.1 Å². The van der Waals surface area contributed by atoms with Crippen molar-refractivity contribution in [2.75, 3.05) is 23.5 Å². The topological polar surface area (TPSA) is 114 Å². The smallest absolute Gasteiger partial charge is 0.341 e. The molecule has 0 bridgehead atoms. The minimum atomic E-state index is -0.491. The van der Waals surface area contributed by atoms with Gasteiger partial charge in [0, 0.05) is 21.0 Å². The first kappa shape index (κ1) is 31.7. The number of ether oxygens (including phenoxy) is 1. The summed E-state index contributed by atoms with van der Waals surface area (Å²) in [7, 11) is 1.35. The van der Waals surface area contributed by atoms with Crippen molar-refractivity contribution in [2.24, 2.45) is 5.92 Å². The van der Waals surface area contributed by atoms with Crippen LogP contribution in [-0.2, 0) is 27.2 Å². The molecule has 0 radical (unpaired) electrons. The van der Waals surface area contributed by atoms with Crippen LogP contribution in [0, 0.1) is 5.92 Å². The summed E-state index contributed by atoms with van der Waals surface area (Å²) in [4.78, 5) is 53.7. The van der Waals surface area contributed by atoms with Gasteiger partial charge in [-0.3, -0.25) is 14.4 Å². The van der Waals surface area contributed by atoms with Crippen molar-refractivity contribution in [3.63, 3.8) is 0 Å². The summed E-state index contributed by atoms with van der Waals surface area (Å²) in [6.45, 7) is 2.19. The highest BCUT2D eigenvalue weighted by atomic mass is 32.2. The largest absolute Gasteiger partial charge is 0.465 e. The zero-order valence-electron chi connectivity index (χ0n) is 24.9. The number of hydrogen-bond acceptors (Lipinski definition) is 7. The second-order valence-electron chi connectivity index (χ2n) is 10.7. The summed E-state index contributed by atoms with van der Waals surface area (Å²) in [6.07, 6.45) is 4.28. The number of amides is 3. The molecule has 0 spiro atoms. The number of fused-ring (bicyclic) bond motifs is 1. The van der Waals surface area contributed by atoms with Crippen LogP contribution in [0.3, 0.4) is 0 Å². The number of anilines is 2. The van der Waals surface area contributed by atoms with E-state index in [1.54, 1.807) is 48.5 Å². The van der Waals surface area contributed by atoms with Gasteiger partial charge in [0.2, 0.25) is 5.91 Å². The Kier molecular flexibility index (Phi) is 10.5. The van der Waals surface area contributed by atoms with E-state index in [4.69, 9.17) is 4.74 Å². The normalized spacial score (nSPS) is 14.2. The summed E-state index contributed by atoms with van der Waals surface area (Å²) in [5.41, 5.74) is 3.22. The highest BCUT2D eigenvalue weighted by Crippen LogP contribution is 2.40. The van der Waals surface area contributed by atoms with Crippen LogP contribution in [-0.4, -0.2) is 36.6 Å². The van der Waals surface area contributed by atoms with Crippen molar-refractivity contribution >= 4 is 63.6 Å². The number of thiophene rings is 1. The van der Waals surface area contributed by atoms with Crippen molar-refractivity contribution in [3.05, 3.63) is 118 Å². The first-order valence-corrected chi connectivity index (χ1v) is 16.3. The Morgan fingerprint density at radius 2 is 1.69 bits per heavy atom. The molecule has 45 heavy (non-hydrogen) atoms. The number of hydrogen-bond donors (Lipinski definition) is 3. The minimum Gasteiger partial charge on any atom is -0.465 e. The molecular weight excluding hydrogens is 607 g/mol. The fraction of sp³-hybridized carbons (Fsp3) is 0.200. The summed E-state index contributed by atoms with van der Waals surface area (Å²) < 4.78 is 5.03. The minimum absolute atomic E-state index is 0.0851. The third kappa shape index (κ3) is 8.29. The van der Waals surface area contributed by atoms with Crippen LogP contribution in [0.4, 0.5) is 10.7 Å². The van der Waals surface area contributed by atoms with E-state index in [0.29, 0.717) is 27.7 Å².